The van der Waals surface area contributed by atoms with Gasteiger partial charge in [0.2, 0.25) is 15.9 Å². The van der Waals surface area contributed by atoms with Gasteiger partial charge < -0.3 is 19.5 Å². The van der Waals surface area contributed by atoms with Gasteiger partial charge in [0.25, 0.3) is 0 Å². The molecule has 0 radical (unpaired) electrons. The number of nitrogens with one attached hydrogen (secondary N) is 1. The maximum atomic E-state index is 13.4. The van der Waals surface area contributed by atoms with Crippen molar-refractivity contribution in [2.45, 2.75) is 24.7 Å². The van der Waals surface area contributed by atoms with Crippen LogP contribution in [0.25, 0.3) is 6.08 Å². The largest absolute Gasteiger partial charge is 0.495 e. The highest BCUT2D eigenvalue weighted by Gasteiger charge is 2.37. The smallest absolute Gasteiger partial charge is 0.248 e. The average Bonchev–Trinajstić information content (AvgIpc) is 3.14. The first-order valence-electron chi connectivity index (χ1n) is 9.99. The van der Waals surface area contributed by atoms with E-state index in [0.29, 0.717) is 36.5 Å². The number of rotatable bonds is 7. The highest BCUT2D eigenvalue weighted by Crippen LogP contribution is 2.30. The zero-order valence-corrected chi connectivity index (χ0v) is 19.0. The van der Waals surface area contributed by atoms with E-state index in [0.717, 1.165) is 0 Å². The number of hydrogen-bond acceptors (Lipinski definition) is 7. The van der Waals surface area contributed by atoms with E-state index in [2.05, 4.69) is 10.5 Å². The number of aromatic nitrogens is 1. The number of anilines is 1. The van der Waals surface area contributed by atoms with Gasteiger partial charge in [0.05, 0.1) is 18.7 Å². The number of amides is 1. The molecule has 10 heteroatoms. The standard InChI is InChI=1S/C21H28N4O5S/c1-15-20(19(30-23-15)11-13-24(2)3)31(27,28)25-12-7-8-16(14-25)21(26)22-17-9-5-6-10-18(17)29-4/h5-6,9-11,13,16H,7-8,12,14H2,1-4H3,(H,22,26)/b13-11+/t16-/m1/s1. The van der Waals surface area contributed by atoms with Gasteiger partial charge in [-0.05, 0) is 31.9 Å². The molecule has 168 valence electrons. The molecule has 1 aromatic carbocycles. The summed E-state index contributed by atoms with van der Waals surface area (Å²) in [5.74, 6) is 0.00823. The van der Waals surface area contributed by atoms with Crippen LogP contribution in [0.4, 0.5) is 5.69 Å². The minimum Gasteiger partial charge on any atom is -0.495 e. The Morgan fingerprint density at radius 2 is 2.10 bits per heavy atom. The van der Waals surface area contributed by atoms with Crippen LogP contribution in [-0.2, 0) is 14.8 Å². The van der Waals surface area contributed by atoms with E-state index in [-0.39, 0.29) is 23.1 Å². The van der Waals surface area contributed by atoms with Crippen molar-refractivity contribution in [2.75, 3.05) is 39.6 Å². The van der Waals surface area contributed by atoms with Gasteiger partial charge in [-0.3, -0.25) is 4.79 Å². The van der Waals surface area contributed by atoms with Crippen LogP contribution in [0.5, 0.6) is 5.75 Å². The van der Waals surface area contributed by atoms with Crippen molar-refractivity contribution in [1.29, 1.82) is 0 Å². The molecule has 0 saturated carbocycles. The van der Waals surface area contributed by atoms with Crippen molar-refractivity contribution in [3.8, 4) is 5.75 Å². The van der Waals surface area contributed by atoms with Crippen LogP contribution < -0.4 is 10.1 Å². The highest BCUT2D eigenvalue weighted by molar-refractivity contribution is 7.89. The van der Waals surface area contributed by atoms with Crippen molar-refractivity contribution >= 4 is 27.7 Å². The highest BCUT2D eigenvalue weighted by atomic mass is 32.2. The molecule has 1 saturated heterocycles. The summed E-state index contributed by atoms with van der Waals surface area (Å²) in [6, 6.07) is 7.11. The molecule has 1 amide bonds. The first kappa shape index (κ1) is 22.8. The third kappa shape index (κ3) is 5.08. The number of hydrogen-bond donors (Lipinski definition) is 1. The molecule has 2 heterocycles. The maximum Gasteiger partial charge on any atom is 0.248 e. The second-order valence-corrected chi connectivity index (χ2v) is 9.51. The summed E-state index contributed by atoms with van der Waals surface area (Å²) in [7, 11) is 1.30. The van der Waals surface area contributed by atoms with Gasteiger partial charge in [0.15, 0.2) is 10.7 Å². The van der Waals surface area contributed by atoms with E-state index in [1.165, 1.54) is 11.4 Å². The van der Waals surface area contributed by atoms with Gasteiger partial charge in [-0.25, -0.2) is 8.42 Å². The minimum atomic E-state index is -3.88. The number of benzene rings is 1. The van der Waals surface area contributed by atoms with Crippen LogP contribution in [0.3, 0.4) is 0 Å². The molecule has 0 spiro atoms. The Bertz CT molecular complexity index is 1060. The fourth-order valence-corrected chi connectivity index (χ4v) is 5.28. The number of sulfonamides is 1. The molecule has 3 rings (SSSR count). The fraction of sp³-hybridized carbons (Fsp3) is 0.429. The van der Waals surface area contributed by atoms with E-state index in [1.807, 2.05) is 20.2 Å². The fourth-order valence-electron chi connectivity index (χ4n) is 3.50. The summed E-state index contributed by atoms with van der Waals surface area (Å²) < 4.78 is 38.6. The Kier molecular flexibility index (Phi) is 7.01. The lowest BCUT2D eigenvalue weighted by Crippen LogP contribution is -2.43. The van der Waals surface area contributed by atoms with E-state index >= 15 is 0 Å². The predicted octanol–water partition coefficient (Wildman–Crippen LogP) is 2.56. The van der Waals surface area contributed by atoms with Crippen LogP contribution in [-0.4, -0.2) is 63.0 Å². The number of para-hydroxylation sites is 2. The second kappa shape index (κ2) is 9.52. The normalized spacial score (nSPS) is 17.6. The van der Waals surface area contributed by atoms with Crippen LogP contribution in [0.2, 0.25) is 0 Å². The number of piperidine rings is 1. The zero-order valence-electron chi connectivity index (χ0n) is 18.2. The maximum absolute atomic E-state index is 13.4. The number of nitrogens with zero attached hydrogens (tertiary/aromatic N) is 3. The van der Waals surface area contributed by atoms with Crippen molar-refractivity contribution in [3.05, 3.63) is 41.9 Å². The van der Waals surface area contributed by atoms with Crippen molar-refractivity contribution < 1.29 is 22.5 Å². The number of ether oxygens (including phenoxy) is 1. The molecule has 0 unspecified atom stereocenters. The van der Waals surface area contributed by atoms with Gasteiger partial charge in [-0.15, -0.1) is 0 Å². The molecule has 1 N–H and O–H groups in total. The lowest BCUT2D eigenvalue weighted by molar-refractivity contribution is -0.120. The lowest BCUT2D eigenvalue weighted by atomic mass is 9.98. The number of methoxy groups -OCH3 is 1. The van der Waals surface area contributed by atoms with Crippen LogP contribution in [0, 0.1) is 12.8 Å². The van der Waals surface area contributed by atoms with Crippen molar-refractivity contribution in [1.82, 2.24) is 14.4 Å². The van der Waals surface area contributed by atoms with Gasteiger partial charge in [0.1, 0.15) is 11.4 Å². The minimum absolute atomic E-state index is 0.0383. The molecule has 0 bridgehead atoms. The van der Waals surface area contributed by atoms with Crippen molar-refractivity contribution in [3.63, 3.8) is 0 Å². The molecule has 0 aliphatic carbocycles. The summed E-state index contributed by atoms with van der Waals surface area (Å²) in [5.41, 5.74) is 0.847. The second-order valence-electron chi connectivity index (χ2n) is 7.63. The van der Waals surface area contributed by atoms with Crippen molar-refractivity contribution in [2.24, 2.45) is 5.92 Å². The molecule has 2 aromatic rings. The lowest BCUT2D eigenvalue weighted by Gasteiger charge is -2.31. The third-order valence-corrected chi connectivity index (χ3v) is 7.10. The Morgan fingerprint density at radius 3 is 2.81 bits per heavy atom. The Balaban J connectivity index is 1.80. The van der Waals surface area contributed by atoms with Crippen LogP contribution in [0.15, 0.2) is 39.9 Å². The first-order valence-corrected chi connectivity index (χ1v) is 11.4. The van der Waals surface area contributed by atoms with E-state index in [1.54, 1.807) is 42.3 Å². The van der Waals surface area contributed by atoms with E-state index in [9.17, 15) is 13.2 Å². The zero-order chi connectivity index (χ0) is 22.6. The SMILES string of the molecule is COc1ccccc1NC(=O)[C@@H]1CCCN(S(=O)(=O)c2c(C)noc2/C=C/N(C)C)C1. The molecule has 1 aromatic heterocycles. The van der Waals surface area contributed by atoms with E-state index in [4.69, 9.17) is 9.26 Å². The number of carbonyl (C=O) groups excluding carboxylic acids is 1. The number of carbonyl (C=O) groups is 1. The van der Waals surface area contributed by atoms with Gasteiger partial charge >= 0.3 is 0 Å². The quantitative estimate of drug-likeness (QED) is 0.694. The van der Waals surface area contributed by atoms with Gasteiger partial charge in [-0.1, -0.05) is 17.3 Å². The molecule has 1 aliphatic rings. The Morgan fingerprint density at radius 1 is 1.35 bits per heavy atom. The molecule has 31 heavy (non-hydrogen) atoms. The molecular weight excluding hydrogens is 420 g/mol. The molecule has 1 fully saturated rings. The summed E-state index contributed by atoms with van der Waals surface area (Å²) in [4.78, 5) is 14.7. The summed E-state index contributed by atoms with van der Waals surface area (Å²) >= 11 is 0. The number of aryl methyl sites for hydroxylation is 1. The van der Waals surface area contributed by atoms with Gasteiger partial charge in [0, 0.05) is 39.5 Å². The Hall–Kier alpha value is -2.85. The van der Waals surface area contributed by atoms with Crippen LogP contribution in [0.1, 0.15) is 24.3 Å². The first-order chi connectivity index (χ1) is 14.7. The van der Waals surface area contributed by atoms with E-state index < -0.39 is 15.9 Å². The molecule has 9 nitrogen and oxygen atoms in total. The third-order valence-electron chi connectivity index (χ3n) is 5.08. The summed E-state index contributed by atoms with van der Waals surface area (Å²) in [6.07, 6.45) is 4.45. The molecule has 1 atom stereocenters. The molecular formula is C21H28N4O5S. The van der Waals surface area contributed by atoms with Gasteiger partial charge in [-0.2, -0.15) is 4.31 Å². The molecule has 1 aliphatic heterocycles. The Labute approximate surface area is 182 Å². The monoisotopic (exact) mass is 448 g/mol. The predicted molar refractivity (Wildman–Crippen MR) is 117 cm³/mol. The topological polar surface area (TPSA) is 105 Å². The van der Waals surface area contributed by atoms with Crippen LogP contribution >= 0.6 is 0 Å². The average molecular weight is 449 g/mol. The summed E-state index contributed by atoms with van der Waals surface area (Å²) in [6.45, 7) is 2.02. The summed E-state index contributed by atoms with van der Waals surface area (Å²) in [5, 5.41) is 6.70.